The van der Waals surface area contributed by atoms with Gasteiger partial charge in [-0.1, -0.05) is 17.7 Å². The molecule has 0 unspecified atom stereocenters. The lowest BCUT2D eigenvalue weighted by Crippen LogP contribution is -2.17. The molecule has 3 heterocycles. The summed E-state index contributed by atoms with van der Waals surface area (Å²) in [6, 6.07) is 8.00. The van der Waals surface area contributed by atoms with Gasteiger partial charge in [0.2, 0.25) is 0 Å². The fraction of sp³-hybridized carbons (Fsp3) is 0.125. The molecular formula is C16H12ClN3O3. The van der Waals surface area contributed by atoms with Crippen LogP contribution in [0.15, 0.2) is 47.5 Å². The van der Waals surface area contributed by atoms with Crippen molar-refractivity contribution >= 4 is 23.2 Å². The average Bonchev–Trinajstić information content (AvgIpc) is 2.54. The number of fused-ring (bicyclic) bond motifs is 1. The second kappa shape index (κ2) is 6.18. The molecule has 116 valence electrons. The summed E-state index contributed by atoms with van der Waals surface area (Å²) in [5, 5.41) is 0.293. The molecule has 0 spiro atoms. The van der Waals surface area contributed by atoms with Crippen LogP contribution in [0.2, 0.25) is 5.15 Å². The van der Waals surface area contributed by atoms with Gasteiger partial charge in [-0.3, -0.25) is 9.20 Å². The summed E-state index contributed by atoms with van der Waals surface area (Å²) in [6.45, 7) is 1.76. The van der Waals surface area contributed by atoms with Gasteiger partial charge in [-0.05, 0) is 30.7 Å². The lowest BCUT2D eigenvalue weighted by Gasteiger charge is -2.07. The highest BCUT2D eigenvalue weighted by Crippen LogP contribution is 2.09. The van der Waals surface area contributed by atoms with Gasteiger partial charge in [0.05, 0.1) is 11.3 Å². The lowest BCUT2D eigenvalue weighted by molar-refractivity contribution is 0.0467. The maximum Gasteiger partial charge on any atom is 0.340 e. The van der Waals surface area contributed by atoms with E-state index < -0.39 is 5.97 Å². The Labute approximate surface area is 136 Å². The van der Waals surface area contributed by atoms with Crippen molar-refractivity contribution in [2.45, 2.75) is 13.5 Å². The van der Waals surface area contributed by atoms with Crippen LogP contribution in [0.25, 0.3) is 5.65 Å². The normalized spacial score (nSPS) is 10.7. The summed E-state index contributed by atoms with van der Waals surface area (Å²) in [5.74, 6) is -0.555. The van der Waals surface area contributed by atoms with Gasteiger partial charge in [-0.25, -0.2) is 14.8 Å². The second-order valence-corrected chi connectivity index (χ2v) is 5.30. The van der Waals surface area contributed by atoms with Crippen LogP contribution in [0.1, 0.15) is 21.6 Å². The van der Waals surface area contributed by atoms with Crippen molar-refractivity contribution < 1.29 is 9.53 Å². The van der Waals surface area contributed by atoms with Crippen molar-refractivity contribution in [3.8, 4) is 0 Å². The molecular weight excluding hydrogens is 318 g/mol. The molecule has 0 atom stereocenters. The topological polar surface area (TPSA) is 73.6 Å². The number of carbonyl (C=O) groups is 1. The van der Waals surface area contributed by atoms with E-state index in [4.69, 9.17) is 16.3 Å². The highest BCUT2D eigenvalue weighted by atomic mass is 35.5. The highest BCUT2D eigenvalue weighted by Gasteiger charge is 2.10. The number of aryl methyl sites for hydroxylation is 1. The summed E-state index contributed by atoms with van der Waals surface area (Å²) in [5.41, 5.74) is 1.85. The quantitative estimate of drug-likeness (QED) is 0.545. The van der Waals surface area contributed by atoms with Crippen LogP contribution in [0, 0.1) is 6.92 Å². The number of rotatable bonds is 3. The van der Waals surface area contributed by atoms with Gasteiger partial charge in [-0.15, -0.1) is 0 Å². The van der Waals surface area contributed by atoms with E-state index in [2.05, 4.69) is 9.97 Å². The highest BCUT2D eigenvalue weighted by molar-refractivity contribution is 6.29. The molecule has 0 aliphatic carbocycles. The summed E-state index contributed by atoms with van der Waals surface area (Å²) >= 11 is 5.67. The van der Waals surface area contributed by atoms with Gasteiger partial charge < -0.3 is 4.74 Å². The van der Waals surface area contributed by atoms with Gasteiger partial charge in [0.15, 0.2) is 0 Å². The van der Waals surface area contributed by atoms with Crippen LogP contribution in [-0.4, -0.2) is 20.3 Å². The third-order valence-electron chi connectivity index (χ3n) is 3.25. The standard InChI is InChI=1S/C16H12ClN3O3/c1-10-3-2-6-20-14(21)7-12(19-15(10)20)9-23-16(22)11-4-5-13(17)18-8-11/h2-8H,9H2,1H3. The second-order valence-electron chi connectivity index (χ2n) is 4.92. The summed E-state index contributed by atoms with van der Waals surface area (Å²) < 4.78 is 6.61. The molecule has 3 aromatic rings. The number of hydrogen-bond donors (Lipinski definition) is 0. The number of hydrogen-bond acceptors (Lipinski definition) is 5. The molecule has 0 N–H and O–H groups in total. The first-order valence-corrected chi connectivity index (χ1v) is 7.19. The molecule has 7 heteroatoms. The Kier molecular flexibility index (Phi) is 4.08. The van der Waals surface area contributed by atoms with E-state index in [1.807, 2.05) is 13.0 Å². The summed E-state index contributed by atoms with van der Waals surface area (Å²) in [7, 11) is 0. The van der Waals surface area contributed by atoms with E-state index in [1.54, 1.807) is 12.3 Å². The maximum absolute atomic E-state index is 12.1. The van der Waals surface area contributed by atoms with E-state index in [0.29, 0.717) is 16.5 Å². The third kappa shape index (κ3) is 3.22. The monoisotopic (exact) mass is 329 g/mol. The molecule has 0 saturated carbocycles. The molecule has 0 aliphatic rings. The smallest absolute Gasteiger partial charge is 0.340 e. The van der Waals surface area contributed by atoms with E-state index in [9.17, 15) is 9.59 Å². The molecule has 0 fully saturated rings. The Balaban J connectivity index is 1.82. The van der Waals surface area contributed by atoms with Crippen LogP contribution in [0.4, 0.5) is 0 Å². The molecule has 0 amide bonds. The number of pyridine rings is 2. The van der Waals surface area contributed by atoms with Crippen molar-refractivity contribution in [3.05, 3.63) is 75.1 Å². The summed E-state index contributed by atoms with van der Waals surface area (Å²) in [6.07, 6.45) is 2.98. The SMILES string of the molecule is Cc1cccn2c(=O)cc(COC(=O)c3ccc(Cl)nc3)nc12. The molecule has 0 radical (unpaired) electrons. The number of halogens is 1. The van der Waals surface area contributed by atoms with E-state index in [-0.39, 0.29) is 17.7 Å². The van der Waals surface area contributed by atoms with Crippen LogP contribution in [0.3, 0.4) is 0 Å². The number of nitrogens with zero attached hydrogens (tertiary/aromatic N) is 3. The number of aromatic nitrogens is 3. The molecule has 6 nitrogen and oxygen atoms in total. The maximum atomic E-state index is 12.1. The minimum absolute atomic E-state index is 0.0957. The zero-order valence-corrected chi connectivity index (χ0v) is 12.9. The van der Waals surface area contributed by atoms with Crippen LogP contribution in [-0.2, 0) is 11.3 Å². The molecule has 23 heavy (non-hydrogen) atoms. The molecule has 3 aromatic heterocycles. The van der Waals surface area contributed by atoms with Crippen molar-refractivity contribution in [3.63, 3.8) is 0 Å². The van der Waals surface area contributed by atoms with E-state index in [0.717, 1.165) is 5.56 Å². The average molecular weight is 330 g/mol. The zero-order valence-electron chi connectivity index (χ0n) is 12.2. The third-order valence-corrected chi connectivity index (χ3v) is 3.48. The van der Waals surface area contributed by atoms with Gasteiger partial charge in [-0.2, -0.15) is 0 Å². The lowest BCUT2D eigenvalue weighted by atomic mass is 10.3. The Morgan fingerprint density at radius 1 is 1.35 bits per heavy atom. The molecule has 0 bridgehead atoms. The minimum atomic E-state index is -0.555. The minimum Gasteiger partial charge on any atom is -0.456 e. The van der Waals surface area contributed by atoms with Gasteiger partial charge in [0.25, 0.3) is 5.56 Å². The molecule has 0 aliphatic heterocycles. The van der Waals surface area contributed by atoms with Crippen molar-refractivity contribution in [2.24, 2.45) is 0 Å². The Morgan fingerprint density at radius 2 is 2.17 bits per heavy atom. The molecule has 0 aromatic carbocycles. The fourth-order valence-electron chi connectivity index (χ4n) is 2.10. The van der Waals surface area contributed by atoms with E-state index >= 15 is 0 Å². The first-order chi connectivity index (χ1) is 11.0. The van der Waals surface area contributed by atoms with Gasteiger partial charge in [0.1, 0.15) is 17.4 Å². The van der Waals surface area contributed by atoms with Crippen LogP contribution in [0.5, 0.6) is 0 Å². The van der Waals surface area contributed by atoms with Crippen molar-refractivity contribution in [1.29, 1.82) is 0 Å². The van der Waals surface area contributed by atoms with Crippen LogP contribution < -0.4 is 5.56 Å². The number of ether oxygens (including phenoxy) is 1. The van der Waals surface area contributed by atoms with Crippen LogP contribution >= 0.6 is 11.6 Å². The zero-order chi connectivity index (χ0) is 16.4. The molecule has 0 saturated heterocycles. The first kappa shape index (κ1) is 15.2. The summed E-state index contributed by atoms with van der Waals surface area (Å²) in [4.78, 5) is 32.2. The Morgan fingerprint density at radius 3 is 2.91 bits per heavy atom. The largest absolute Gasteiger partial charge is 0.456 e. The predicted molar refractivity (Wildman–Crippen MR) is 84.6 cm³/mol. The predicted octanol–water partition coefficient (Wildman–Crippen LogP) is 2.41. The number of carbonyl (C=O) groups excluding carboxylic acids is 1. The van der Waals surface area contributed by atoms with E-state index in [1.165, 1.54) is 28.8 Å². The molecule has 3 rings (SSSR count). The van der Waals surface area contributed by atoms with Crippen molar-refractivity contribution in [2.75, 3.05) is 0 Å². The van der Waals surface area contributed by atoms with Gasteiger partial charge >= 0.3 is 5.97 Å². The van der Waals surface area contributed by atoms with Crippen molar-refractivity contribution in [1.82, 2.24) is 14.4 Å². The van der Waals surface area contributed by atoms with Gasteiger partial charge in [0, 0.05) is 18.5 Å². The Hall–Kier alpha value is -2.73. The Bertz CT molecular complexity index is 935. The number of esters is 1. The fourth-order valence-corrected chi connectivity index (χ4v) is 2.21. The first-order valence-electron chi connectivity index (χ1n) is 6.81.